The third-order valence-corrected chi connectivity index (χ3v) is 6.75. The van der Waals surface area contributed by atoms with Crippen molar-refractivity contribution in [3.05, 3.63) is 93.4 Å². The maximum Gasteiger partial charge on any atom is 0.306 e. The number of carbonyl (C=O) groups is 2. The van der Waals surface area contributed by atoms with Gasteiger partial charge in [0.2, 0.25) is 0 Å². The van der Waals surface area contributed by atoms with E-state index in [1.54, 1.807) is 29.6 Å². The van der Waals surface area contributed by atoms with E-state index in [9.17, 15) is 22.4 Å². The third kappa shape index (κ3) is 3.84. The number of amides is 2. The Morgan fingerprint density at radius 2 is 1.77 bits per heavy atom. The second-order valence-electron chi connectivity index (χ2n) is 6.55. The summed E-state index contributed by atoms with van der Waals surface area (Å²) < 4.78 is 43.0. The summed E-state index contributed by atoms with van der Waals surface area (Å²) in [7, 11) is -4.31. The minimum atomic E-state index is -4.31. The number of carbonyl (C=O) groups excluding carboxylic acids is 2. The smallest absolute Gasteiger partial charge is 0.306 e. The van der Waals surface area contributed by atoms with E-state index in [1.165, 1.54) is 41.0 Å². The summed E-state index contributed by atoms with van der Waals surface area (Å²) in [5.41, 5.74) is 1.23. The lowest BCUT2D eigenvalue weighted by Gasteiger charge is -2.25. The number of hydrogen-bond donors (Lipinski definition) is 2. The second kappa shape index (κ2) is 7.98. The van der Waals surface area contributed by atoms with Crippen molar-refractivity contribution in [3.8, 4) is 0 Å². The van der Waals surface area contributed by atoms with Gasteiger partial charge < -0.3 is 5.32 Å². The Hall–Kier alpha value is -3.08. The molecule has 0 spiro atoms. The van der Waals surface area contributed by atoms with Gasteiger partial charge in [-0.15, -0.1) is 0 Å². The van der Waals surface area contributed by atoms with Crippen LogP contribution in [0.25, 0.3) is 0 Å². The van der Waals surface area contributed by atoms with E-state index in [0.717, 1.165) is 10.4 Å². The van der Waals surface area contributed by atoms with Gasteiger partial charge in [-0.25, -0.2) is 9.11 Å². The van der Waals surface area contributed by atoms with Crippen LogP contribution in [-0.4, -0.2) is 24.5 Å². The maximum atomic E-state index is 14.0. The summed E-state index contributed by atoms with van der Waals surface area (Å²) in [6.45, 7) is -0.0510. The summed E-state index contributed by atoms with van der Waals surface area (Å²) in [4.78, 5) is 25.0. The summed E-state index contributed by atoms with van der Waals surface area (Å²) in [6.07, 6.45) is -1.10. The Kier molecular flexibility index (Phi) is 5.37. The van der Waals surface area contributed by atoms with Crippen molar-refractivity contribution in [2.75, 3.05) is 0 Å². The molecule has 0 radical (unpaired) electrons. The molecule has 2 N–H and O–H groups in total. The van der Waals surface area contributed by atoms with Crippen molar-refractivity contribution >= 4 is 33.4 Å². The molecule has 1 aliphatic heterocycles. The number of nitrogens with zero attached hydrogens (tertiary/aromatic N) is 1. The first kappa shape index (κ1) is 20.2. The second-order valence-corrected chi connectivity index (χ2v) is 8.95. The van der Waals surface area contributed by atoms with Gasteiger partial charge in [-0.3, -0.25) is 9.59 Å². The van der Waals surface area contributed by atoms with Crippen LogP contribution in [0.5, 0.6) is 0 Å². The van der Waals surface area contributed by atoms with Crippen molar-refractivity contribution in [1.29, 1.82) is 0 Å². The highest BCUT2D eigenvalue weighted by Crippen LogP contribution is 2.34. The van der Waals surface area contributed by atoms with E-state index in [1.807, 2.05) is 4.72 Å². The molecular weight excluding hydrogens is 429 g/mol. The molecule has 154 valence electrons. The molecule has 7 nitrogen and oxygen atoms in total. The van der Waals surface area contributed by atoms with Gasteiger partial charge in [0.15, 0.2) is 0 Å². The van der Waals surface area contributed by atoms with Gasteiger partial charge in [-0.05, 0) is 34.7 Å². The van der Waals surface area contributed by atoms with Gasteiger partial charge in [0.1, 0.15) is 12.0 Å². The van der Waals surface area contributed by atoms with Crippen LogP contribution in [0.2, 0.25) is 0 Å². The van der Waals surface area contributed by atoms with E-state index < -0.39 is 34.0 Å². The molecule has 30 heavy (non-hydrogen) atoms. The molecular formula is C20H16FN3O4S2. The number of thiophene rings is 1. The Morgan fingerprint density at radius 3 is 2.50 bits per heavy atom. The summed E-state index contributed by atoms with van der Waals surface area (Å²) >= 11 is 1.26. The van der Waals surface area contributed by atoms with Crippen LogP contribution >= 0.6 is 11.3 Å². The van der Waals surface area contributed by atoms with Crippen molar-refractivity contribution in [2.24, 2.45) is 0 Å². The molecule has 0 aliphatic carbocycles. The van der Waals surface area contributed by atoms with Gasteiger partial charge in [0.05, 0.1) is 11.1 Å². The Labute approximate surface area is 176 Å². The number of halogens is 1. The molecule has 0 saturated carbocycles. The van der Waals surface area contributed by atoms with Gasteiger partial charge in [-0.2, -0.15) is 24.1 Å². The molecule has 1 unspecified atom stereocenters. The molecule has 2 amide bonds. The van der Waals surface area contributed by atoms with E-state index >= 15 is 0 Å². The summed E-state index contributed by atoms with van der Waals surface area (Å²) in [5, 5.41) is 5.76. The molecule has 3 aromatic rings. The molecule has 4 rings (SSSR count). The topological polar surface area (TPSA) is 95.6 Å². The first-order valence-corrected chi connectivity index (χ1v) is 11.2. The monoisotopic (exact) mass is 445 g/mol. The van der Waals surface area contributed by atoms with E-state index in [0.29, 0.717) is 11.1 Å². The number of nitrogens with one attached hydrogen (secondary N) is 2. The van der Waals surface area contributed by atoms with Gasteiger partial charge in [0, 0.05) is 11.9 Å². The molecule has 1 aliphatic rings. The van der Waals surface area contributed by atoms with E-state index in [-0.39, 0.29) is 17.7 Å². The van der Waals surface area contributed by atoms with Crippen LogP contribution in [0.4, 0.5) is 4.39 Å². The lowest BCUT2D eigenvalue weighted by atomic mass is 10.1. The van der Waals surface area contributed by atoms with Crippen LogP contribution in [0.15, 0.2) is 65.4 Å². The number of rotatable bonds is 5. The zero-order valence-corrected chi connectivity index (χ0v) is 17.0. The van der Waals surface area contributed by atoms with Crippen molar-refractivity contribution in [3.63, 3.8) is 0 Å². The first-order valence-electron chi connectivity index (χ1n) is 8.86. The molecule has 2 aromatic carbocycles. The van der Waals surface area contributed by atoms with Gasteiger partial charge in [0.25, 0.3) is 11.8 Å². The molecule has 0 saturated heterocycles. The fraction of sp³-hybridized carbons (Fsp3) is 0.100. The van der Waals surface area contributed by atoms with E-state index in [4.69, 9.17) is 0 Å². The normalized spacial score (nSPS) is 16.1. The highest BCUT2D eigenvalue weighted by atomic mass is 32.2. The molecule has 1 aromatic heterocycles. The van der Waals surface area contributed by atoms with Crippen LogP contribution in [0, 0.1) is 5.82 Å². The highest BCUT2D eigenvalue weighted by molar-refractivity contribution is 7.87. The number of benzene rings is 2. The Bertz CT molecular complexity index is 1210. The lowest BCUT2D eigenvalue weighted by molar-refractivity contribution is 0.0905. The van der Waals surface area contributed by atoms with Crippen LogP contribution in [0.1, 0.15) is 38.0 Å². The minimum Gasteiger partial charge on any atom is -0.331 e. The first-order chi connectivity index (χ1) is 14.4. The Morgan fingerprint density at radius 1 is 1.03 bits per heavy atom. The number of hydrogen-bond acceptors (Lipinski definition) is 5. The Balaban J connectivity index is 1.64. The van der Waals surface area contributed by atoms with Crippen molar-refractivity contribution in [1.82, 2.24) is 14.3 Å². The zero-order chi connectivity index (χ0) is 21.3. The molecule has 2 heterocycles. The average Bonchev–Trinajstić information content (AvgIpc) is 3.37. The van der Waals surface area contributed by atoms with Gasteiger partial charge >= 0.3 is 10.2 Å². The van der Waals surface area contributed by atoms with Crippen LogP contribution in [0.3, 0.4) is 0 Å². The van der Waals surface area contributed by atoms with Crippen molar-refractivity contribution in [2.45, 2.75) is 12.7 Å². The molecule has 10 heteroatoms. The maximum absolute atomic E-state index is 14.0. The SMILES string of the molecule is O=C(NS(=O)(=O)N1Cc2ccccc2C1NC(=O)c1ccccc1F)c1ccsc1. The van der Waals surface area contributed by atoms with Gasteiger partial charge in [-0.1, -0.05) is 36.4 Å². The van der Waals surface area contributed by atoms with Crippen molar-refractivity contribution < 1.29 is 22.4 Å². The predicted octanol–water partition coefficient (Wildman–Crippen LogP) is 2.81. The quantitative estimate of drug-likeness (QED) is 0.631. The highest BCUT2D eigenvalue weighted by Gasteiger charge is 2.40. The minimum absolute atomic E-state index is 0.0510. The third-order valence-electron chi connectivity index (χ3n) is 4.66. The lowest BCUT2D eigenvalue weighted by Crippen LogP contribution is -2.47. The largest absolute Gasteiger partial charge is 0.331 e. The van der Waals surface area contributed by atoms with Crippen LogP contribution < -0.4 is 10.0 Å². The molecule has 0 bridgehead atoms. The number of fused-ring (bicyclic) bond motifs is 1. The molecule has 0 fully saturated rings. The average molecular weight is 445 g/mol. The summed E-state index contributed by atoms with van der Waals surface area (Å²) in [6, 6.07) is 13.8. The van der Waals surface area contributed by atoms with E-state index in [2.05, 4.69) is 5.32 Å². The summed E-state index contributed by atoms with van der Waals surface area (Å²) in [5.74, 6) is -2.26. The predicted molar refractivity (Wildman–Crippen MR) is 109 cm³/mol. The molecule has 1 atom stereocenters. The fourth-order valence-electron chi connectivity index (χ4n) is 3.21. The van der Waals surface area contributed by atoms with Crippen LogP contribution in [-0.2, 0) is 16.8 Å². The fourth-order valence-corrected chi connectivity index (χ4v) is 5.07. The zero-order valence-electron chi connectivity index (χ0n) is 15.4. The standard InChI is InChI=1S/C20H16FN3O4S2/c21-17-8-4-3-7-16(17)20(26)22-18-15-6-2-1-5-13(15)11-24(18)30(27,28)23-19(25)14-9-10-29-12-14/h1-10,12,18H,11H2,(H,22,26)(H,23,25).